The second-order valence-corrected chi connectivity index (χ2v) is 3.79. The van der Waals surface area contributed by atoms with E-state index in [4.69, 9.17) is 5.73 Å². The van der Waals surface area contributed by atoms with Crippen LogP contribution in [0.25, 0.3) is 0 Å². The third-order valence-corrected chi connectivity index (χ3v) is 2.35. The zero-order chi connectivity index (χ0) is 13.9. The van der Waals surface area contributed by atoms with Crippen molar-refractivity contribution < 1.29 is 26.7 Å². The van der Waals surface area contributed by atoms with E-state index in [0.717, 1.165) is 19.1 Å². The molecule has 0 fully saturated rings. The van der Waals surface area contributed by atoms with Crippen LogP contribution in [0.1, 0.15) is 18.5 Å². The van der Waals surface area contributed by atoms with Gasteiger partial charge in [-0.3, -0.25) is 0 Å². The highest BCUT2D eigenvalue weighted by molar-refractivity contribution is 5.21. The van der Waals surface area contributed by atoms with Gasteiger partial charge in [0.05, 0.1) is 12.6 Å². The van der Waals surface area contributed by atoms with Crippen LogP contribution in [0.4, 0.5) is 22.0 Å². The molecule has 0 bridgehead atoms. The van der Waals surface area contributed by atoms with Crippen molar-refractivity contribution in [1.82, 2.24) is 0 Å². The van der Waals surface area contributed by atoms with Crippen LogP contribution in [0, 0.1) is 11.6 Å². The van der Waals surface area contributed by atoms with Crippen molar-refractivity contribution in [1.29, 1.82) is 0 Å². The first-order chi connectivity index (χ1) is 8.21. The SMILES string of the molecule is CC(OCC(N)c1ccc(F)cc1F)C(F)(F)F. The molecule has 1 aromatic rings. The Morgan fingerprint density at radius 2 is 1.89 bits per heavy atom. The first-order valence-electron chi connectivity index (χ1n) is 5.10. The summed E-state index contributed by atoms with van der Waals surface area (Å²) in [6, 6.07) is 1.58. The normalized spacial score (nSPS) is 15.5. The lowest BCUT2D eigenvalue weighted by molar-refractivity contribution is -0.215. The summed E-state index contributed by atoms with van der Waals surface area (Å²) in [5.74, 6) is -1.70. The number of hydrogen-bond donors (Lipinski definition) is 1. The fraction of sp³-hybridized carbons (Fsp3) is 0.455. The Labute approximate surface area is 101 Å². The van der Waals surface area contributed by atoms with Crippen molar-refractivity contribution in [3.8, 4) is 0 Å². The lowest BCUT2D eigenvalue weighted by Crippen LogP contribution is -2.31. The number of nitrogens with two attached hydrogens (primary N) is 1. The van der Waals surface area contributed by atoms with E-state index in [1.165, 1.54) is 0 Å². The Bertz CT molecular complexity index is 407. The summed E-state index contributed by atoms with van der Waals surface area (Å²) in [5, 5.41) is 0. The molecule has 0 aliphatic carbocycles. The average molecular weight is 269 g/mol. The third kappa shape index (κ3) is 3.92. The molecule has 7 heteroatoms. The Kier molecular flexibility index (Phi) is 4.64. The van der Waals surface area contributed by atoms with Gasteiger partial charge in [-0.15, -0.1) is 0 Å². The molecular formula is C11H12F5NO. The molecule has 2 N–H and O–H groups in total. The van der Waals surface area contributed by atoms with E-state index in [0.29, 0.717) is 6.07 Å². The van der Waals surface area contributed by atoms with Gasteiger partial charge in [0.1, 0.15) is 11.6 Å². The molecule has 0 heterocycles. The molecule has 2 nitrogen and oxygen atoms in total. The molecule has 0 saturated carbocycles. The number of benzene rings is 1. The average Bonchev–Trinajstić information content (AvgIpc) is 2.24. The predicted molar refractivity (Wildman–Crippen MR) is 54.8 cm³/mol. The van der Waals surface area contributed by atoms with E-state index in [1.54, 1.807) is 0 Å². The second kappa shape index (κ2) is 5.62. The molecule has 0 radical (unpaired) electrons. The summed E-state index contributed by atoms with van der Waals surface area (Å²) in [4.78, 5) is 0. The molecule has 0 amide bonds. The van der Waals surface area contributed by atoms with Gasteiger partial charge in [-0.1, -0.05) is 6.07 Å². The lowest BCUT2D eigenvalue weighted by atomic mass is 10.1. The van der Waals surface area contributed by atoms with Gasteiger partial charge in [-0.25, -0.2) is 8.78 Å². The van der Waals surface area contributed by atoms with Crippen molar-refractivity contribution in [2.45, 2.75) is 25.2 Å². The molecule has 18 heavy (non-hydrogen) atoms. The number of alkyl halides is 3. The number of ether oxygens (including phenoxy) is 1. The quantitative estimate of drug-likeness (QED) is 0.853. The first-order valence-corrected chi connectivity index (χ1v) is 5.10. The van der Waals surface area contributed by atoms with E-state index in [2.05, 4.69) is 4.74 Å². The van der Waals surface area contributed by atoms with E-state index < -0.39 is 36.6 Å². The van der Waals surface area contributed by atoms with Gasteiger partial charge in [0, 0.05) is 11.6 Å². The van der Waals surface area contributed by atoms with Gasteiger partial charge in [-0.2, -0.15) is 13.2 Å². The first kappa shape index (κ1) is 14.8. The minimum absolute atomic E-state index is 0.0919. The Hall–Kier alpha value is -1.21. The number of hydrogen-bond acceptors (Lipinski definition) is 2. The summed E-state index contributed by atoms with van der Waals surface area (Å²) < 4.78 is 66.8. The molecule has 1 aromatic carbocycles. The predicted octanol–water partition coefficient (Wildman–Crippen LogP) is 2.93. The molecule has 0 aliphatic heterocycles. The summed E-state index contributed by atoms with van der Waals surface area (Å²) in [6.07, 6.45) is -6.49. The fourth-order valence-corrected chi connectivity index (χ4v) is 1.23. The molecule has 1 rings (SSSR count). The molecule has 102 valence electrons. The monoisotopic (exact) mass is 269 g/mol. The van der Waals surface area contributed by atoms with E-state index in [1.807, 2.05) is 0 Å². The minimum Gasteiger partial charge on any atom is -0.367 e. The Balaban J connectivity index is 2.63. The zero-order valence-corrected chi connectivity index (χ0v) is 9.47. The summed E-state index contributed by atoms with van der Waals surface area (Å²) in [6.45, 7) is 0.316. The standard InChI is InChI=1S/C11H12F5NO/c1-6(11(14,15)16)18-5-10(17)8-3-2-7(12)4-9(8)13/h2-4,6,10H,5,17H2,1H3. The molecule has 0 spiro atoms. The van der Waals surface area contributed by atoms with Crippen molar-refractivity contribution in [2.75, 3.05) is 6.61 Å². The largest absolute Gasteiger partial charge is 0.414 e. The minimum atomic E-state index is -4.50. The van der Waals surface area contributed by atoms with E-state index in [9.17, 15) is 22.0 Å². The highest BCUT2D eigenvalue weighted by Crippen LogP contribution is 2.24. The van der Waals surface area contributed by atoms with Gasteiger partial charge in [0.2, 0.25) is 0 Å². The second-order valence-electron chi connectivity index (χ2n) is 3.79. The number of rotatable bonds is 4. The van der Waals surface area contributed by atoms with Gasteiger partial charge in [0.25, 0.3) is 0 Å². The zero-order valence-electron chi connectivity index (χ0n) is 9.47. The highest BCUT2D eigenvalue weighted by atomic mass is 19.4. The molecule has 0 saturated heterocycles. The third-order valence-electron chi connectivity index (χ3n) is 2.35. The van der Waals surface area contributed by atoms with Crippen LogP contribution < -0.4 is 5.73 Å². The Morgan fingerprint density at radius 3 is 2.39 bits per heavy atom. The summed E-state index contributed by atoms with van der Waals surface area (Å²) in [5.41, 5.74) is 5.39. The maximum Gasteiger partial charge on any atom is 0.414 e. The fourth-order valence-electron chi connectivity index (χ4n) is 1.23. The van der Waals surface area contributed by atoms with E-state index in [-0.39, 0.29) is 5.56 Å². The van der Waals surface area contributed by atoms with E-state index >= 15 is 0 Å². The van der Waals surface area contributed by atoms with Crippen molar-refractivity contribution in [3.63, 3.8) is 0 Å². The van der Waals surface area contributed by atoms with Crippen LogP contribution in [0.2, 0.25) is 0 Å². The maximum atomic E-state index is 13.3. The van der Waals surface area contributed by atoms with Crippen molar-refractivity contribution >= 4 is 0 Å². The van der Waals surface area contributed by atoms with Crippen LogP contribution in [0.15, 0.2) is 18.2 Å². The van der Waals surface area contributed by atoms with Crippen LogP contribution in [0.5, 0.6) is 0 Å². The highest BCUT2D eigenvalue weighted by Gasteiger charge is 2.37. The molecular weight excluding hydrogens is 257 g/mol. The van der Waals surface area contributed by atoms with Gasteiger partial charge >= 0.3 is 6.18 Å². The van der Waals surface area contributed by atoms with Gasteiger partial charge < -0.3 is 10.5 Å². The van der Waals surface area contributed by atoms with Crippen molar-refractivity contribution in [3.05, 3.63) is 35.4 Å². The van der Waals surface area contributed by atoms with Gasteiger partial charge in [0.15, 0.2) is 6.10 Å². The van der Waals surface area contributed by atoms with Gasteiger partial charge in [-0.05, 0) is 13.0 Å². The maximum absolute atomic E-state index is 13.3. The van der Waals surface area contributed by atoms with Crippen LogP contribution >= 0.6 is 0 Å². The summed E-state index contributed by atoms with van der Waals surface area (Å²) in [7, 11) is 0. The lowest BCUT2D eigenvalue weighted by Gasteiger charge is -2.19. The molecule has 2 atom stereocenters. The molecule has 0 aromatic heterocycles. The van der Waals surface area contributed by atoms with Crippen LogP contribution in [0.3, 0.4) is 0 Å². The van der Waals surface area contributed by atoms with Crippen molar-refractivity contribution in [2.24, 2.45) is 5.73 Å². The van der Waals surface area contributed by atoms with Crippen LogP contribution in [-0.2, 0) is 4.74 Å². The smallest absolute Gasteiger partial charge is 0.367 e. The number of halogens is 5. The molecule has 2 unspecified atom stereocenters. The van der Waals surface area contributed by atoms with Crippen LogP contribution in [-0.4, -0.2) is 18.9 Å². The summed E-state index contributed by atoms with van der Waals surface area (Å²) >= 11 is 0. The molecule has 0 aliphatic rings. The topological polar surface area (TPSA) is 35.2 Å². The Morgan fingerprint density at radius 1 is 1.28 bits per heavy atom.